The number of nitrogens with one attached hydrogen (secondary N) is 1. The van der Waals surface area contributed by atoms with Crippen molar-refractivity contribution >= 4 is 15.7 Å². The van der Waals surface area contributed by atoms with Crippen LogP contribution in [0.25, 0.3) is 0 Å². The van der Waals surface area contributed by atoms with Gasteiger partial charge < -0.3 is 15.3 Å². The number of piperidine rings is 1. The third kappa shape index (κ3) is 4.15. The molecule has 0 aliphatic carbocycles. The second-order valence-electron chi connectivity index (χ2n) is 5.85. The van der Waals surface area contributed by atoms with E-state index in [1.807, 2.05) is 0 Å². The summed E-state index contributed by atoms with van der Waals surface area (Å²) in [5, 5.41) is 12.9. The van der Waals surface area contributed by atoms with Gasteiger partial charge >= 0.3 is 0 Å². The molecule has 19 heavy (non-hydrogen) atoms. The normalized spacial score (nSPS) is 30.0. The second-order valence-corrected chi connectivity index (χ2v) is 8.08. The molecule has 2 aliphatic rings. The summed E-state index contributed by atoms with van der Waals surface area (Å²) in [6.07, 6.45) is 1.38. The Morgan fingerprint density at radius 3 is 2.63 bits per heavy atom. The molecule has 0 aromatic rings. The maximum absolute atomic E-state index is 12.1. The van der Waals surface area contributed by atoms with Crippen molar-refractivity contribution in [1.82, 2.24) is 10.2 Å². The van der Waals surface area contributed by atoms with Crippen LogP contribution in [0.15, 0.2) is 0 Å². The molecule has 2 saturated heterocycles. The summed E-state index contributed by atoms with van der Waals surface area (Å²) in [6, 6.07) is -0.270. The van der Waals surface area contributed by atoms with Crippen LogP contribution in [0.1, 0.15) is 26.2 Å². The molecule has 1 unspecified atom stereocenters. The van der Waals surface area contributed by atoms with Gasteiger partial charge in [0.05, 0.1) is 17.1 Å². The maximum atomic E-state index is 12.1. The molecule has 0 aromatic heterocycles. The van der Waals surface area contributed by atoms with Crippen LogP contribution >= 0.6 is 0 Å². The van der Waals surface area contributed by atoms with Gasteiger partial charge in [-0.25, -0.2) is 8.42 Å². The summed E-state index contributed by atoms with van der Waals surface area (Å²) >= 11 is 0. The Bertz CT molecular complexity index is 437. The zero-order valence-electron chi connectivity index (χ0n) is 11.3. The first-order valence-electron chi connectivity index (χ1n) is 6.71. The van der Waals surface area contributed by atoms with Gasteiger partial charge in [-0.15, -0.1) is 0 Å². The molecule has 0 spiro atoms. The van der Waals surface area contributed by atoms with Gasteiger partial charge in [-0.1, -0.05) is 0 Å². The highest BCUT2D eigenvalue weighted by atomic mass is 32.2. The van der Waals surface area contributed by atoms with Gasteiger partial charge in [0.1, 0.15) is 0 Å². The molecule has 0 bridgehead atoms. The fourth-order valence-corrected chi connectivity index (χ4v) is 4.02. The lowest BCUT2D eigenvalue weighted by Crippen LogP contribution is -2.50. The van der Waals surface area contributed by atoms with E-state index in [0.29, 0.717) is 32.5 Å². The van der Waals surface area contributed by atoms with Crippen molar-refractivity contribution in [2.75, 3.05) is 31.1 Å². The third-order valence-electron chi connectivity index (χ3n) is 3.92. The Morgan fingerprint density at radius 1 is 1.42 bits per heavy atom. The number of likely N-dealkylation sites (tertiary alicyclic amines) is 1. The van der Waals surface area contributed by atoms with E-state index in [9.17, 15) is 18.3 Å². The first-order chi connectivity index (χ1) is 8.77. The molecular weight excluding hydrogens is 268 g/mol. The summed E-state index contributed by atoms with van der Waals surface area (Å²) in [7, 11) is -3.00. The number of hydrogen-bond acceptors (Lipinski definition) is 5. The van der Waals surface area contributed by atoms with Crippen LogP contribution in [0.3, 0.4) is 0 Å². The molecule has 110 valence electrons. The molecule has 2 aliphatic heterocycles. The SMILES string of the molecule is CC1(O)CCN(C(=O)CC2CS(=O)(=O)CCN2)CC1. The largest absolute Gasteiger partial charge is 0.390 e. The minimum atomic E-state index is -3.00. The zero-order valence-corrected chi connectivity index (χ0v) is 12.1. The first kappa shape index (κ1) is 14.7. The quantitative estimate of drug-likeness (QED) is 0.691. The Morgan fingerprint density at radius 2 is 2.05 bits per heavy atom. The molecule has 7 heteroatoms. The molecule has 0 aromatic carbocycles. The second kappa shape index (κ2) is 5.38. The van der Waals surface area contributed by atoms with Crippen molar-refractivity contribution in [2.24, 2.45) is 0 Å². The number of carbonyl (C=O) groups excluding carboxylic acids is 1. The standard InChI is InChI=1S/C12H22N2O4S/c1-12(16)2-5-14(6-3-12)11(15)8-10-9-19(17,18)7-4-13-10/h10,13,16H,2-9H2,1H3. The Kier molecular flexibility index (Phi) is 4.17. The Balaban J connectivity index is 1.85. The highest BCUT2D eigenvalue weighted by Gasteiger charge is 2.32. The van der Waals surface area contributed by atoms with Crippen molar-refractivity contribution in [3.05, 3.63) is 0 Å². The first-order valence-corrected chi connectivity index (χ1v) is 8.54. The third-order valence-corrected chi connectivity index (χ3v) is 5.65. The van der Waals surface area contributed by atoms with Crippen molar-refractivity contribution in [1.29, 1.82) is 0 Å². The lowest BCUT2D eigenvalue weighted by Gasteiger charge is -2.36. The molecule has 1 amide bonds. The van der Waals surface area contributed by atoms with Gasteiger partial charge in [-0.05, 0) is 19.8 Å². The molecule has 2 fully saturated rings. The summed E-state index contributed by atoms with van der Waals surface area (Å²) < 4.78 is 23.0. The van der Waals surface area contributed by atoms with Crippen molar-refractivity contribution in [3.8, 4) is 0 Å². The van der Waals surface area contributed by atoms with E-state index in [1.165, 1.54) is 0 Å². The monoisotopic (exact) mass is 290 g/mol. The molecule has 2 N–H and O–H groups in total. The summed E-state index contributed by atoms with van der Waals surface area (Å²) in [6.45, 7) is 3.30. The molecular formula is C12H22N2O4S. The van der Waals surface area contributed by atoms with Gasteiger partial charge in [0.25, 0.3) is 0 Å². The van der Waals surface area contributed by atoms with E-state index in [1.54, 1.807) is 11.8 Å². The topological polar surface area (TPSA) is 86.7 Å². The predicted molar refractivity (Wildman–Crippen MR) is 71.5 cm³/mol. The predicted octanol–water partition coefficient (Wildman–Crippen LogP) is -0.863. The van der Waals surface area contributed by atoms with Gasteiger partial charge in [-0.2, -0.15) is 0 Å². The van der Waals surface area contributed by atoms with Crippen LogP contribution in [0, 0.1) is 0 Å². The van der Waals surface area contributed by atoms with Crippen LogP contribution in [-0.2, 0) is 14.6 Å². The van der Waals surface area contributed by atoms with Crippen molar-refractivity contribution in [3.63, 3.8) is 0 Å². The minimum absolute atomic E-state index is 0.0231. The Labute approximate surface area is 114 Å². The average molecular weight is 290 g/mol. The number of rotatable bonds is 2. The van der Waals surface area contributed by atoms with E-state index in [4.69, 9.17) is 0 Å². The molecule has 0 saturated carbocycles. The molecule has 2 rings (SSSR count). The number of amides is 1. The molecule has 1 atom stereocenters. The molecule has 2 heterocycles. The maximum Gasteiger partial charge on any atom is 0.224 e. The number of aliphatic hydroxyl groups is 1. The smallest absolute Gasteiger partial charge is 0.224 e. The fourth-order valence-electron chi connectivity index (χ4n) is 2.58. The van der Waals surface area contributed by atoms with E-state index < -0.39 is 15.4 Å². The zero-order chi connectivity index (χ0) is 14.1. The number of nitrogens with zero attached hydrogens (tertiary/aromatic N) is 1. The Hall–Kier alpha value is -0.660. The van der Waals surface area contributed by atoms with E-state index in [0.717, 1.165) is 0 Å². The van der Waals surface area contributed by atoms with E-state index in [2.05, 4.69) is 5.32 Å². The van der Waals surface area contributed by atoms with Gasteiger partial charge in [0.2, 0.25) is 5.91 Å². The van der Waals surface area contributed by atoms with Crippen LogP contribution in [-0.4, -0.2) is 67.1 Å². The lowest BCUT2D eigenvalue weighted by molar-refractivity contribution is -0.135. The number of hydrogen-bond donors (Lipinski definition) is 2. The highest BCUT2D eigenvalue weighted by molar-refractivity contribution is 7.91. The fraction of sp³-hybridized carbons (Fsp3) is 0.917. The summed E-state index contributed by atoms with van der Waals surface area (Å²) in [5.74, 6) is 0.180. The van der Waals surface area contributed by atoms with Crippen LogP contribution in [0.5, 0.6) is 0 Å². The van der Waals surface area contributed by atoms with Gasteiger partial charge in [0, 0.05) is 32.1 Å². The van der Waals surface area contributed by atoms with Crippen LogP contribution < -0.4 is 5.32 Å². The van der Waals surface area contributed by atoms with Crippen molar-refractivity contribution < 1.29 is 18.3 Å². The summed E-state index contributed by atoms with van der Waals surface area (Å²) in [5.41, 5.74) is -0.677. The highest BCUT2D eigenvalue weighted by Crippen LogP contribution is 2.21. The van der Waals surface area contributed by atoms with Gasteiger partial charge in [-0.3, -0.25) is 4.79 Å². The number of carbonyl (C=O) groups is 1. The van der Waals surface area contributed by atoms with Gasteiger partial charge in [0.15, 0.2) is 9.84 Å². The summed E-state index contributed by atoms with van der Waals surface area (Å²) in [4.78, 5) is 13.8. The molecule has 6 nitrogen and oxygen atoms in total. The van der Waals surface area contributed by atoms with Crippen molar-refractivity contribution in [2.45, 2.75) is 37.8 Å². The minimum Gasteiger partial charge on any atom is -0.390 e. The van der Waals surface area contributed by atoms with E-state index >= 15 is 0 Å². The van der Waals surface area contributed by atoms with Crippen LogP contribution in [0.2, 0.25) is 0 Å². The average Bonchev–Trinajstić information content (AvgIpc) is 2.27. The lowest BCUT2D eigenvalue weighted by atomic mass is 9.93. The molecule has 0 radical (unpaired) electrons. The van der Waals surface area contributed by atoms with E-state index in [-0.39, 0.29) is 29.9 Å². The van der Waals surface area contributed by atoms with Crippen LogP contribution in [0.4, 0.5) is 0 Å². The number of sulfone groups is 1.